The van der Waals surface area contributed by atoms with Gasteiger partial charge in [-0.3, -0.25) is 4.79 Å². The lowest BCUT2D eigenvalue weighted by atomic mass is 10.1. The first-order valence-corrected chi connectivity index (χ1v) is 8.18. The standard InChI is InChI=1S/C18H23N3O2/c1-14(2)12-16-13-17(19-23-16)18(22)21-10-8-20(9-11-21)15-6-4-3-5-7-15/h3-7,13-14H,8-12H2,1-2H3. The topological polar surface area (TPSA) is 49.6 Å². The number of carbonyl (C=O) groups is 1. The molecule has 3 rings (SSSR count). The fourth-order valence-corrected chi connectivity index (χ4v) is 2.88. The van der Waals surface area contributed by atoms with Crippen LogP contribution in [0.25, 0.3) is 0 Å². The number of amides is 1. The first-order valence-electron chi connectivity index (χ1n) is 8.18. The largest absolute Gasteiger partial charge is 0.368 e. The molecule has 2 heterocycles. The van der Waals surface area contributed by atoms with Crippen molar-refractivity contribution in [1.29, 1.82) is 0 Å². The number of nitrogens with zero attached hydrogens (tertiary/aromatic N) is 3. The summed E-state index contributed by atoms with van der Waals surface area (Å²) in [5, 5.41) is 3.94. The maximum absolute atomic E-state index is 12.5. The SMILES string of the molecule is CC(C)Cc1cc(C(=O)N2CCN(c3ccccc3)CC2)no1. The van der Waals surface area contributed by atoms with E-state index in [2.05, 4.69) is 36.0 Å². The van der Waals surface area contributed by atoms with Crippen molar-refractivity contribution < 1.29 is 9.32 Å². The first-order chi connectivity index (χ1) is 11.1. The molecule has 23 heavy (non-hydrogen) atoms. The molecule has 0 N–H and O–H groups in total. The molecule has 0 radical (unpaired) electrons. The van der Waals surface area contributed by atoms with E-state index in [9.17, 15) is 4.79 Å². The number of para-hydroxylation sites is 1. The van der Waals surface area contributed by atoms with Gasteiger partial charge >= 0.3 is 0 Å². The highest BCUT2D eigenvalue weighted by Gasteiger charge is 2.24. The molecule has 0 unspecified atom stereocenters. The van der Waals surface area contributed by atoms with Crippen molar-refractivity contribution >= 4 is 11.6 Å². The van der Waals surface area contributed by atoms with Gasteiger partial charge in [-0.25, -0.2) is 0 Å². The van der Waals surface area contributed by atoms with Crippen molar-refractivity contribution in [2.24, 2.45) is 5.92 Å². The van der Waals surface area contributed by atoms with Crippen LogP contribution in [0, 0.1) is 5.92 Å². The van der Waals surface area contributed by atoms with E-state index < -0.39 is 0 Å². The molecule has 5 heteroatoms. The average molecular weight is 313 g/mol. The minimum atomic E-state index is -0.0310. The predicted octanol–water partition coefficient (Wildman–Crippen LogP) is 2.84. The Balaban J connectivity index is 1.59. The molecule has 0 bridgehead atoms. The number of piperazine rings is 1. The lowest BCUT2D eigenvalue weighted by molar-refractivity contribution is 0.0736. The second-order valence-electron chi connectivity index (χ2n) is 6.39. The Morgan fingerprint density at radius 3 is 2.52 bits per heavy atom. The van der Waals surface area contributed by atoms with Gasteiger partial charge < -0.3 is 14.3 Å². The van der Waals surface area contributed by atoms with Gasteiger partial charge in [0.05, 0.1) is 0 Å². The van der Waals surface area contributed by atoms with Gasteiger partial charge in [0.25, 0.3) is 5.91 Å². The monoisotopic (exact) mass is 313 g/mol. The van der Waals surface area contributed by atoms with Crippen molar-refractivity contribution in [3.05, 3.63) is 47.9 Å². The number of anilines is 1. The van der Waals surface area contributed by atoms with E-state index in [1.165, 1.54) is 5.69 Å². The highest BCUT2D eigenvalue weighted by Crippen LogP contribution is 2.17. The van der Waals surface area contributed by atoms with E-state index in [0.717, 1.165) is 25.3 Å². The number of aromatic nitrogens is 1. The van der Waals surface area contributed by atoms with Crippen LogP contribution in [-0.4, -0.2) is 42.1 Å². The van der Waals surface area contributed by atoms with Gasteiger partial charge in [-0.05, 0) is 18.1 Å². The molecule has 1 amide bonds. The summed E-state index contributed by atoms with van der Waals surface area (Å²) in [7, 11) is 0. The Morgan fingerprint density at radius 2 is 1.87 bits per heavy atom. The lowest BCUT2D eigenvalue weighted by Crippen LogP contribution is -2.48. The quantitative estimate of drug-likeness (QED) is 0.871. The van der Waals surface area contributed by atoms with Crippen LogP contribution < -0.4 is 4.90 Å². The van der Waals surface area contributed by atoms with E-state index in [1.807, 2.05) is 23.1 Å². The second kappa shape index (κ2) is 6.86. The van der Waals surface area contributed by atoms with Crippen LogP contribution in [0.2, 0.25) is 0 Å². The third-order valence-corrected chi connectivity index (χ3v) is 4.08. The second-order valence-corrected chi connectivity index (χ2v) is 6.39. The number of hydrogen-bond donors (Lipinski definition) is 0. The Morgan fingerprint density at radius 1 is 1.17 bits per heavy atom. The number of benzene rings is 1. The summed E-state index contributed by atoms with van der Waals surface area (Å²) in [6.07, 6.45) is 0.808. The molecule has 0 saturated carbocycles. The van der Waals surface area contributed by atoms with E-state index in [1.54, 1.807) is 6.07 Å². The van der Waals surface area contributed by atoms with E-state index >= 15 is 0 Å². The molecule has 1 aromatic heterocycles. The number of hydrogen-bond acceptors (Lipinski definition) is 4. The Labute approximate surface area is 136 Å². The summed E-state index contributed by atoms with van der Waals surface area (Å²) >= 11 is 0. The maximum atomic E-state index is 12.5. The Hall–Kier alpha value is -2.30. The summed E-state index contributed by atoms with van der Waals surface area (Å²) in [4.78, 5) is 16.7. The normalized spacial score (nSPS) is 15.3. The Kier molecular flexibility index (Phi) is 4.65. The zero-order chi connectivity index (χ0) is 16.2. The Bertz CT molecular complexity index is 643. The lowest BCUT2D eigenvalue weighted by Gasteiger charge is -2.35. The minimum Gasteiger partial charge on any atom is -0.368 e. The highest BCUT2D eigenvalue weighted by atomic mass is 16.5. The molecule has 1 aliphatic heterocycles. The van der Waals surface area contributed by atoms with Gasteiger partial charge in [0.1, 0.15) is 5.76 Å². The van der Waals surface area contributed by atoms with Crippen molar-refractivity contribution in [2.45, 2.75) is 20.3 Å². The molecule has 1 aromatic carbocycles. The minimum absolute atomic E-state index is 0.0310. The van der Waals surface area contributed by atoms with Gasteiger partial charge in [-0.1, -0.05) is 37.2 Å². The van der Waals surface area contributed by atoms with Crippen LogP contribution in [0.3, 0.4) is 0 Å². The molecule has 5 nitrogen and oxygen atoms in total. The summed E-state index contributed by atoms with van der Waals surface area (Å²) < 4.78 is 5.27. The van der Waals surface area contributed by atoms with Crippen LogP contribution in [0.1, 0.15) is 30.1 Å². The van der Waals surface area contributed by atoms with Crippen molar-refractivity contribution in [3.8, 4) is 0 Å². The maximum Gasteiger partial charge on any atom is 0.276 e. The van der Waals surface area contributed by atoms with Gasteiger partial charge in [0, 0.05) is 44.4 Å². The summed E-state index contributed by atoms with van der Waals surface area (Å²) in [6, 6.07) is 12.1. The van der Waals surface area contributed by atoms with Gasteiger partial charge in [-0.2, -0.15) is 0 Å². The first kappa shape index (κ1) is 15.6. The van der Waals surface area contributed by atoms with Crippen molar-refractivity contribution in [3.63, 3.8) is 0 Å². The molecule has 2 aromatic rings. The van der Waals surface area contributed by atoms with Crippen LogP contribution in [-0.2, 0) is 6.42 Å². The van der Waals surface area contributed by atoms with Crippen LogP contribution in [0.4, 0.5) is 5.69 Å². The summed E-state index contributed by atoms with van der Waals surface area (Å²) in [6.45, 7) is 7.33. The van der Waals surface area contributed by atoms with E-state index in [-0.39, 0.29) is 5.91 Å². The fraction of sp³-hybridized carbons (Fsp3) is 0.444. The van der Waals surface area contributed by atoms with E-state index in [4.69, 9.17) is 4.52 Å². The van der Waals surface area contributed by atoms with Crippen LogP contribution >= 0.6 is 0 Å². The molecule has 0 spiro atoms. The van der Waals surface area contributed by atoms with Gasteiger partial charge in [0.2, 0.25) is 0 Å². The smallest absolute Gasteiger partial charge is 0.276 e. The third-order valence-electron chi connectivity index (χ3n) is 4.08. The van der Waals surface area contributed by atoms with Crippen LogP contribution in [0.5, 0.6) is 0 Å². The molecule has 0 aliphatic carbocycles. The van der Waals surface area contributed by atoms with Crippen LogP contribution in [0.15, 0.2) is 40.9 Å². The molecule has 1 saturated heterocycles. The third kappa shape index (κ3) is 3.73. The number of rotatable bonds is 4. The van der Waals surface area contributed by atoms with Gasteiger partial charge in [0.15, 0.2) is 5.69 Å². The highest BCUT2D eigenvalue weighted by molar-refractivity contribution is 5.92. The average Bonchev–Trinajstić information content (AvgIpc) is 3.03. The number of carbonyl (C=O) groups excluding carboxylic acids is 1. The molecular weight excluding hydrogens is 290 g/mol. The van der Waals surface area contributed by atoms with Crippen molar-refractivity contribution in [1.82, 2.24) is 10.1 Å². The zero-order valence-corrected chi connectivity index (χ0v) is 13.7. The molecular formula is C18H23N3O2. The fourth-order valence-electron chi connectivity index (χ4n) is 2.88. The molecule has 0 atom stereocenters. The summed E-state index contributed by atoms with van der Waals surface area (Å²) in [5.41, 5.74) is 1.63. The predicted molar refractivity (Wildman–Crippen MR) is 89.6 cm³/mol. The molecule has 1 fully saturated rings. The summed E-state index contributed by atoms with van der Waals surface area (Å²) in [5.74, 6) is 1.24. The molecule has 122 valence electrons. The zero-order valence-electron chi connectivity index (χ0n) is 13.7. The van der Waals surface area contributed by atoms with Crippen molar-refractivity contribution in [2.75, 3.05) is 31.1 Å². The van der Waals surface area contributed by atoms with E-state index in [0.29, 0.717) is 24.7 Å². The van der Waals surface area contributed by atoms with Gasteiger partial charge in [-0.15, -0.1) is 0 Å². The molecule has 1 aliphatic rings.